The fourth-order valence-electron chi connectivity index (χ4n) is 2.45. The maximum atomic E-state index is 12.8. The first-order valence-electron chi connectivity index (χ1n) is 8.55. The molecule has 0 unspecified atom stereocenters. The summed E-state index contributed by atoms with van der Waals surface area (Å²) in [5, 5.41) is 5.13. The number of halogens is 3. The highest BCUT2D eigenvalue weighted by Gasteiger charge is 2.30. The zero-order valence-electron chi connectivity index (χ0n) is 15.5. The second kappa shape index (κ2) is 9.64. The normalized spacial score (nSPS) is 12.3. The van der Waals surface area contributed by atoms with Gasteiger partial charge in [-0.05, 0) is 55.7 Å². The van der Waals surface area contributed by atoms with Crippen LogP contribution in [0.1, 0.15) is 27.9 Å². The van der Waals surface area contributed by atoms with Crippen LogP contribution in [0.2, 0.25) is 0 Å². The Balaban J connectivity index is 2.12. The Kier molecular flexibility index (Phi) is 7.51. The van der Waals surface area contributed by atoms with Crippen molar-refractivity contribution in [1.82, 2.24) is 5.32 Å². The molecule has 4 nitrogen and oxygen atoms in total. The SMILES string of the molecule is CSCC[C@H](NC(=O)c1ccc(C)cc1)C(=O)Nc1cccc(C(F)(F)F)c1. The molecule has 2 N–H and O–H groups in total. The van der Waals surface area contributed by atoms with Crippen LogP contribution in [-0.2, 0) is 11.0 Å². The third-order valence-corrected chi connectivity index (χ3v) is 4.65. The molecule has 0 aliphatic rings. The zero-order valence-corrected chi connectivity index (χ0v) is 16.3. The summed E-state index contributed by atoms with van der Waals surface area (Å²) in [6.45, 7) is 1.89. The van der Waals surface area contributed by atoms with Gasteiger partial charge in [0.15, 0.2) is 0 Å². The minimum absolute atomic E-state index is 0.0264. The molecule has 0 fully saturated rings. The van der Waals surface area contributed by atoms with Crippen LogP contribution in [0.4, 0.5) is 18.9 Å². The molecule has 2 aromatic rings. The van der Waals surface area contributed by atoms with Crippen LogP contribution >= 0.6 is 11.8 Å². The fourth-order valence-corrected chi connectivity index (χ4v) is 2.93. The second-order valence-electron chi connectivity index (χ2n) is 6.24. The monoisotopic (exact) mass is 410 g/mol. The van der Waals surface area contributed by atoms with Crippen LogP contribution in [0.3, 0.4) is 0 Å². The lowest BCUT2D eigenvalue weighted by Crippen LogP contribution is -2.44. The largest absolute Gasteiger partial charge is 0.416 e. The molecule has 1 atom stereocenters. The Labute approximate surface area is 165 Å². The molecular formula is C20H21F3N2O2S. The highest BCUT2D eigenvalue weighted by molar-refractivity contribution is 7.98. The first-order chi connectivity index (χ1) is 13.2. The van der Waals surface area contributed by atoms with E-state index in [9.17, 15) is 22.8 Å². The Bertz CT molecular complexity index is 823. The smallest absolute Gasteiger partial charge is 0.340 e. The van der Waals surface area contributed by atoms with E-state index in [4.69, 9.17) is 0 Å². The van der Waals surface area contributed by atoms with Crippen molar-refractivity contribution in [1.29, 1.82) is 0 Å². The van der Waals surface area contributed by atoms with Crippen molar-refractivity contribution in [3.05, 3.63) is 65.2 Å². The number of hydrogen-bond acceptors (Lipinski definition) is 3. The van der Waals surface area contributed by atoms with Crippen LogP contribution in [0.15, 0.2) is 48.5 Å². The Morgan fingerprint density at radius 2 is 1.79 bits per heavy atom. The summed E-state index contributed by atoms with van der Waals surface area (Å²) in [7, 11) is 0. The molecule has 0 spiro atoms. The number of amides is 2. The number of carbonyl (C=O) groups is 2. The molecule has 28 heavy (non-hydrogen) atoms. The molecule has 2 amide bonds. The molecule has 0 heterocycles. The summed E-state index contributed by atoms with van der Waals surface area (Å²) < 4.78 is 38.5. The third-order valence-electron chi connectivity index (χ3n) is 4.00. The maximum Gasteiger partial charge on any atom is 0.416 e. The number of aryl methyl sites for hydroxylation is 1. The third kappa shape index (κ3) is 6.30. The molecule has 2 rings (SSSR count). The van der Waals surface area contributed by atoms with E-state index in [-0.39, 0.29) is 5.69 Å². The van der Waals surface area contributed by atoms with E-state index in [0.717, 1.165) is 17.7 Å². The highest BCUT2D eigenvalue weighted by atomic mass is 32.2. The summed E-state index contributed by atoms with van der Waals surface area (Å²) in [5.74, 6) is -0.367. The summed E-state index contributed by atoms with van der Waals surface area (Å²) in [6.07, 6.45) is -2.29. The average Bonchev–Trinajstić information content (AvgIpc) is 2.65. The van der Waals surface area contributed by atoms with E-state index in [1.54, 1.807) is 24.3 Å². The lowest BCUT2D eigenvalue weighted by molar-refractivity contribution is -0.137. The van der Waals surface area contributed by atoms with E-state index in [2.05, 4.69) is 10.6 Å². The Morgan fingerprint density at radius 3 is 2.39 bits per heavy atom. The van der Waals surface area contributed by atoms with Gasteiger partial charge in [0.2, 0.25) is 5.91 Å². The molecule has 0 saturated heterocycles. The van der Waals surface area contributed by atoms with Crippen molar-refractivity contribution in [2.45, 2.75) is 25.6 Å². The molecule has 0 bridgehead atoms. The number of anilines is 1. The van der Waals surface area contributed by atoms with Gasteiger partial charge in [-0.15, -0.1) is 0 Å². The molecule has 0 radical (unpaired) electrons. The topological polar surface area (TPSA) is 58.2 Å². The summed E-state index contributed by atoms with van der Waals surface area (Å²) in [5.41, 5.74) is 0.581. The summed E-state index contributed by atoms with van der Waals surface area (Å²) in [6, 6.07) is 10.4. The number of benzene rings is 2. The molecule has 0 aliphatic carbocycles. The van der Waals surface area contributed by atoms with Crippen molar-refractivity contribution in [3.63, 3.8) is 0 Å². The zero-order chi connectivity index (χ0) is 20.7. The van der Waals surface area contributed by atoms with Gasteiger partial charge in [-0.2, -0.15) is 24.9 Å². The minimum atomic E-state index is -4.50. The van der Waals surface area contributed by atoms with Gasteiger partial charge in [0.1, 0.15) is 6.04 Å². The van der Waals surface area contributed by atoms with Crippen molar-refractivity contribution < 1.29 is 22.8 Å². The molecule has 2 aromatic carbocycles. The van der Waals surface area contributed by atoms with Gasteiger partial charge in [0.05, 0.1) is 5.56 Å². The molecular weight excluding hydrogens is 389 g/mol. The van der Waals surface area contributed by atoms with Gasteiger partial charge < -0.3 is 10.6 Å². The van der Waals surface area contributed by atoms with Crippen LogP contribution in [0.5, 0.6) is 0 Å². The van der Waals surface area contributed by atoms with Gasteiger partial charge in [0.25, 0.3) is 5.91 Å². The first kappa shape index (κ1) is 21.8. The van der Waals surface area contributed by atoms with Gasteiger partial charge >= 0.3 is 6.18 Å². The van der Waals surface area contributed by atoms with Crippen molar-refractivity contribution in [2.75, 3.05) is 17.3 Å². The predicted molar refractivity (Wildman–Crippen MR) is 106 cm³/mol. The highest BCUT2D eigenvalue weighted by Crippen LogP contribution is 2.30. The van der Waals surface area contributed by atoms with E-state index in [0.29, 0.717) is 17.7 Å². The molecule has 8 heteroatoms. The van der Waals surface area contributed by atoms with Gasteiger partial charge in [-0.3, -0.25) is 9.59 Å². The standard InChI is InChI=1S/C20H21F3N2O2S/c1-13-6-8-14(9-7-13)18(26)25-17(10-11-28-2)19(27)24-16-5-3-4-15(12-16)20(21,22)23/h3-9,12,17H,10-11H2,1-2H3,(H,24,27)(H,25,26)/t17-/m0/s1. The number of thioether (sulfide) groups is 1. The average molecular weight is 410 g/mol. The lowest BCUT2D eigenvalue weighted by Gasteiger charge is -2.19. The quantitative estimate of drug-likeness (QED) is 0.706. The minimum Gasteiger partial charge on any atom is -0.340 e. The van der Waals surface area contributed by atoms with E-state index < -0.39 is 29.6 Å². The molecule has 0 aliphatic heterocycles. The van der Waals surface area contributed by atoms with Crippen molar-refractivity contribution in [2.24, 2.45) is 0 Å². The van der Waals surface area contributed by atoms with Crippen LogP contribution in [-0.4, -0.2) is 29.9 Å². The maximum absolute atomic E-state index is 12.8. The van der Waals surface area contributed by atoms with E-state index in [1.165, 1.54) is 23.9 Å². The molecule has 0 saturated carbocycles. The lowest BCUT2D eigenvalue weighted by atomic mass is 10.1. The number of alkyl halides is 3. The molecule has 150 valence electrons. The fraction of sp³-hybridized carbons (Fsp3) is 0.300. The number of hydrogen-bond donors (Lipinski definition) is 2. The van der Waals surface area contributed by atoms with Crippen LogP contribution < -0.4 is 10.6 Å². The first-order valence-corrected chi connectivity index (χ1v) is 9.94. The summed E-state index contributed by atoms with van der Waals surface area (Å²) >= 11 is 1.50. The second-order valence-corrected chi connectivity index (χ2v) is 7.23. The van der Waals surface area contributed by atoms with Gasteiger partial charge in [-0.25, -0.2) is 0 Å². The van der Waals surface area contributed by atoms with Crippen LogP contribution in [0.25, 0.3) is 0 Å². The Morgan fingerprint density at radius 1 is 1.11 bits per heavy atom. The van der Waals surface area contributed by atoms with E-state index >= 15 is 0 Å². The number of carbonyl (C=O) groups excluding carboxylic acids is 2. The van der Waals surface area contributed by atoms with Gasteiger partial charge in [0, 0.05) is 11.3 Å². The Hall–Kier alpha value is -2.48. The summed E-state index contributed by atoms with van der Waals surface area (Å²) in [4.78, 5) is 25.0. The predicted octanol–water partition coefficient (Wildman–Crippen LogP) is 4.50. The number of rotatable bonds is 7. The van der Waals surface area contributed by atoms with Gasteiger partial charge in [-0.1, -0.05) is 23.8 Å². The molecule has 0 aromatic heterocycles. The number of nitrogens with one attached hydrogen (secondary N) is 2. The van der Waals surface area contributed by atoms with Crippen LogP contribution in [0, 0.1) is 6.92 Å². The van der Waals surface area contributed by atoms with E-state index in [1.807, 2.05) is 13.2 Å². The van der Waals surface area contributed by atoms with Crippen molar-refractivity contribution >= 4 is 29.3 Å². The van der Waals surface area contributed by atoms with Crippen molar-refractivity contribution in [3.8, 4) is 0 Å².